The van der Waals surface area contributed by atoms with Crippen molar-refractivity contribution < 1.29 is 34.2 Å². The zero-order chi connectivity index (χ0) is 26.7. The first-order chi connectivity index (χ1) is 16.3. The van der Waals surface area contributed by atoms with Gasteiger partial charge in [-0.15, -0.1) is 0 Å². The molecule has 0 fully saturated rings. The highest BCUT2D eigenvalue weighted by molar-refractivity contribution is 7.80. The fourth-order valence-corrected chi connectivity index (χ4v) is 3.25. The molecule has 0 heterocycles. The fraction of sp³-hybridized carbons (Fsp3) is 0.500. The number of rotatable bonds is 14. The van der Waals surface area contributed by atoms with Gasteiger partial charge in [0.1, 0.15) is 23.9 Å². The maximum absolute atomic E-state index is 13.1. The minimum Gasteiger partial charge on any atom is -0.508 e. The molecule has 1 aromatic carbocycles. The van der Waals surface area contributed by atoms with Gasteiger partial charge in [-0.1, -0.05) is 26.0 Å². The van der Waals surface area contributed by atoms with Gasteiger partial charge in [-0.2, -0.15) is 12.6 Å². The Balaban J connectivity index is 3.16. The SMILES string of the molecule is CC(C)CC(NC(=O)C(N)CS)C(=O)NC(Cc1ccc(O)cc1)C(=O)NC(CC(N)=O)C(=O)O. The number of primary amides is 1. The number of aliphatic carboxylic acids is 1. The molecule has 0 saturated heterocycles. The summed E-state index contributed by atoms with van der Waals surface area (Å²) in [5.41, 5.74) is 11.3. The molecule has 0 aliphatic rings. The quantitative estimate of drug-likeness (QED) is 0.139. The van der Waals surface area contributed by atoms with Gasteiger partial charge >= 0.3 is 5.97 Å². The number of carboxylic acid groups (broad SMARTS) is 1. The smallest absolute Gasteiger partial charge is 0.326 e. The van der Waals surface area contributed by atoms with Crippen molar-refractivity contribution in [2.45, 2.75) is 57.3 Å². The van der Waals surface area contributed by atoms with E-state index in [1.54, 1.807) is 0 Å². The molecule has 0 saturated carbocycles. The van der Waals surface area contributed by atoms with Gasteiger partial charge in [0.15, 0.2) is 0 Å². The van der Waals surface area contributed by atoms with E-state index < -0.39 is 60.2 Å². The van der Waals surface area contributed by atoms with Crippen molar-refractivity contribution in [1.82, 2.24) is 16.0 Å². The zero-order valence-electron chi connectivity index (χ0n) is 19.6. The molecule has 0 radical (unpaired) electrons. The van der Waals surface area contributed by atoms with Gasteiger partial charge in [-0.25, -0.2) is 4.79 Å². The Morgan fingerprint density at radius 1 is 0.914 bits per heavy atom. The lowest BCUT2D eigenvalue weighted by atomic mass is 10.0. The molecule has 194 valence electrons. The van der Waals surface area contributed by atoms with Gasteiger partial charge < -0.3 is 37.6 Å². The van der Waals surface area contributed by atoms with Crippen LogP contribution in [0.4, 0.5) is 0 Å². The molecule has 0 aliphatic heterocycles. The lowest BCUT2D eigenvalue weighted by molar-refractivity contribution is -0.143. The molecule has 13 heteroatoms. The molecule has 1 rings (SSSR count). The van der Waals surface area contributed by atoms with Crippen molar-refractivity contribution in [2.75, 3.05) is 5.75 Å². The van der Waals surface area contributed by atoms with E-state index in [-0.39, 0.29) is 30.3 Å². The highest BCUT2D eigenvalue weighted by atomic mass is 32.1. The minimum absolute atomic E-state index is 0.00499. The van der Waals surface area contributed by atoms with E-state index in [0.29, 0.717) is 5.56 Å². The van der Waals surface area contributed by atoms with Crippen LogP contribution in [0.5, 0.6) is 5.75 Å². The van der Waals surface area contributed by atoms with Crippen LogP contribution >= 0.6 is 12.6 Å². The molecule has 0 aromatic heterocycles. The van der Waals surface area contributed by atoms with Gasteiger partial charge in [0.25, 0.3) is 0 Å². The third-order valence-corrected chi connectivity index (χ3v) is 5.30. The highest BCUT2D eigenvalue weighted by Gasteiger charge is 2.31. The fourth-order valence-electron chi connectivity index (χ4n) is 3.09. The molecule has 35 heavy (non-hydrogen) atoms. The summed E-state index contributed by atoms with van der Waals surface area (Å²) in [4.78, 5) is 61.0. The van der Waals surface area contributed by atoms with Crippen LogP contribution in [0, 0.1) is 5.92 Å². The van der Waals surface area contributed by atoms with Gasteiger partial charge in [0.05, 0.1) is 12.5 Å². The summed E-state index contributed by atoms with van der Waals surface area (Å²) >= 11 is 3.98. The van der Waals surface area contributed by atoms with E-state index in [1.807, 2.05) is 13.8 Å². The number of aromatic hydroxyl groups is 1. The number of phenols is 1. The van der Waals surface area contributed by atoms with Crippen molar-refractivity contribution in [3.63, 3.8) is 0 Å². The molecule has 4 unspecified atom stereocenters. The number of amides is 4. The van der Waals surface area contributed by atoms with Crippen LogP contribution in [-0.2, 0) is 30.4 Å². The number of thiol groups is 1. The van der Waals surface area contributed by atoms with E-state index >= 15 is 0 Å². The monoisotopic (exact) mass is 511 g/mol. The van der Waals surface area contributed by atoms with Crippen molar-refractivity contribution in [1.29, 1.82) is 0 Å². The number of carboxylic acids is 1. The number of hydrogen-bond acceptors (Lipinski definition) is 8. The Labute approximate surface area is 208 Å². The summed E-state index contributed by atoms with van der Waals surface area (Å²) in [6, 6.07) is 0.995. The number of nitrogens with one attached hydrogen (secondary N) is 3. The standard InChI is InChI=1S/C22H33N5O7S/c1-11(2)7-15(25-19(30)14(23)10-35)20(31)26-16(8-12-3-5-13(28)6-4-12)21(32)27-17(22(33)34)9-18(24)29/h3-6,11,14-17,28,35H,7-10,23H2,1-2H3,(H2,24,29)(H,25,30)(H,26,31)(H,27,32)(H,33,34). The first-order valence-electron chi connectivity index (χ1n) is 10.9. The molecule has 12 nitrogen and oxygen atoms in total. The van der Waals surface area contributed by atoms with Crippen molar-refractivity contribution in [3.8, 4) is 5.75 Å². The van der Waals surface area contributed by atoms with Crippen LogP contribution in [0.2, 0.25) is 0 Å². The third-order valence-electron chi connectivity index (χ3n) is 4.90. The predicted molar refractivity (Wildman–Crippen MR) is 130 cm³/mol. The molecule has 0 bridgehead atoms. The lowest BCUT2D eigenvalue weighted by Gasteiger charge is -2.26. The van der Waals surface area contributed by atoms with E-state index in [9.17, 15) is 34.2 Å². The second kappa shape index (κ2) is 14.2. The predicted octanol–water partition coefficient (Wildman–Crippen LogP) is -1.35. The molecule has 4 atom stereocenters. The van der Waals surface area contributed by atoms with Gasteiger partial charge in [0.2, 0.25) is 23.6 Å². The summed E-state index contributed by atoms with van der Waals surface area (Å²) in [5, 5.41) is 26.1. The summed E-state index contributed by atoms with van der Waals surface area (Å²) < 4.78 is 0. The minimum atomic E-state index is -1.60. The Morgan fingerprint density at radius 3 is 1.91 bits per heavy atom. The third kappa shape index (κ3) is 10.6. The first kappa shape index (κ1) is 29.7. The Bertz CT molecular complexity index is 910. The topological polar surface area (TPSA) is 214 Å². The van der Waals surface area contributed by atoms with E-state index in [1.165, 1.54) is 24.3 Å². The zero-order valence-corrected chi connectivity index (χ0v) is 20.5. The first-order valence-corrected chi connectivity index (χ1v) is 11.5. The summed E-state index contributed by atoms with van der Waals surface area (Å²) in [7, 11) is 0. The lowest BCUT2D eigenvalue weighted by Crippen LogP contribution is -2.58. The van der Waals surface area contributed by atoms with E-state index in [0.717, 1.165) is 0 Å². The molecular weight excluding hydrogens is 478 g/mol. The number of carbonyl (C=O) groups excluding carboxylic acids is 4. The summed E-state index contributed by atoms with van der Waals surface area (Å²) in [6.07, 6.45) is -0.475. The number of carbonyl (C=O) groups is 5. The number of benzene rings is 1. The second-order valence-electron chi connectivity index (χ2n) is 8.48. The second-order valence-corrected chi connectivity index (χ2v) is 8.85. The number of phenolic OH excluding ortho intramolecular Hbond substituents is 1. The van der Waals surface area contributed by atoms with Gasteiger partial charge in [-0.3, -0.25) is 19.2 Å². The summed E-state index contributed by atoms with van der Waals surface area (Å²) in [5.74, 6) is -4.51. The number of nitrogens with two attached hydrogens (primary N) is 2. The molecule has 9 N–H and O–H groups in total. The van der Waals surface area contributed by atoms with Crippen LogP contribution in [0.25, 0.3) is 0 Å². The Hall–Kier alpha value is -3.32. The summed E-state index contributed by atoms with van der Waals surface area (Å²) in [6.45, 7) is 3.68. The van der Waals surface area contributed by atoms with Crippen LogP contribution in [0.3, 0.4) is 0 Å². The van der Waals surface area contributed by atoms with E-state index in [4.69, 9.17) is 11.5 Å². The number of hydrogen-bond donors (Lipinski definition) is 8. The van der Waals surface area contributed by atoms with Crippen molar-refractivity contribution in [2.24, 2.45) is 17.4 Å². The van der Waals surface area contributed by atoms with Crippen molar-refractivity contribution in [3.05, 3.63) is 29.8 Å². The van der Waals surface area contributed by atoms with Crippen LogP contribution in [-0.4, -0.2) is 69.7 Å². The Kier molecular flexibility index (Phi) is 12.0. The normalized spacial score (nSPS) is 14.3. The molecular formula is C22H33N5O7S. The average molecular weight is 512 g/mol. The van der Waals surface area contributed by atoms with Gasteiger partial charge in [0, 0.05) is 12.2 Å². The Morgan fingerprint density at radius 2 is 1.43 bits per heavy atom. The largest absolute Gasteiger partial charge is 0.508 e. The maximum atomic E-state index is 13.1. The highest BCUT2D eigenvalue weighted by Crippen LogP contribution is 2.13. The van der Waals surface area contributed by atoms with Crippen LogP contribution < -0.4 is 27.4 Å². The molecule has 0 aliphatic carbocycles. The van der Waals surface area contributed by atoms with Crippen LogP contribution in [0.15, 0.2) is 24.3 Å². The van der Waals surface area contributed by atoms with Gasteiger partial charge in [-0.05, 0) is 30.0 Å². The molecule has 4 amide bonds. The molecule has 1 aromatic rings. The van der Waals surface area contributed by atoms with E-state index in [2.05, 4.69) is 28.6 Å². The van der Waals surface area contributed by atoms with Crippen molar-refractivity contribution >= 4 is 42.2 Å². The maximum Gasteiger partial charge on any atom is 0.326 e. The molecule has 0 spiro atoms. The average Bonchev–Trinajstić information content (AvgIpc) is 2.77. The van der Waals surface area contributed by atoms with Crippen LogP contribution in [0.1, 0.15) is 32.3 Å².